The van der Waals surface area contributed by atoms with Gasteiger partial charge in [0.1, 0.15) is 0 Å². The molecule has 1 saturated heterocycles. The van der Waals surface area contributed by atoms with Crippen LogP contribution in [0, 0.1) is 34.5 Å². The zero-order valence-corrected chi connectivity index (χ0v) is 20.2. The number of hydrogen-bond acceptors (Lipinski definition) is 3. The van der Waals surface area contributed by atoms with Gasteiger partial charge in [0.05, 0.1) is 5.75 Å². The summed E-state index contributed by atoms with van der Waals surface area (Å²) in [5, 5.41) is 7.04. The van der Waals surface area contributed by atoms with Crippen molar-refractivity contribution in [3.8, 4) is 0 Å². The van der Waals surface area contributed by atoms with E-state index in [0.29, 0.717) is 34.7 Å². The van der Waals surface area contributed by atoms with Crippen molar-refractivity contribution in [1.82, 2.24) is 10.6 Å². The second-order valence-corrected chi connectivity index (χ2v) is 12.7. The highest BCUT2D eigenvalue weighted by Crippen LogP contribution is 2.65. The van der Waals surface area contributed by atoms with Crippen molar-refractivity contribution in [3.05, 3.63) is 11.8 Å². The van der Waals surface area contributed by atoms with Crippen molar-refractivity contribution in [2.45, 2.75) is 90.9 Å². The summed E-state index contributed by atoms with van der Waals surface area (Å²) in [5.74, 6) is 3.66. The quantitative estimate of drug-likeness (QED) is 0.650. The lowest BCUT2D eigenvalue weighted by Gasteiger charge is -2.57. The third kappa shape index (κ3) is 3.73. The normalized spacial score (nSPS) is 41.3. The number of nitrogens with one attached hydrogen (secondary N) is 2. The second kappa shape index (κ2) is 8.18. The third-order valence-corrected chi connectivity index (χ3v) is 10.3. The summed E-state index contributed by atoms with van der Waals surface area (Å²) in [7, 11) is 0. The van der Waals surface area contributed by atoms with Gasteiger partial charge in [0.2, 0.25) is 11.8 Å². The highest BCUT2D eigenvalue weighted by molar-refractivity contribution is 8.00. The van der Waals surface area contributed by atoms with Crippen molar-refractivity contribution in [2.24, 2.45) is 34.5 Å². The molecule has 4 nitrogen and oxygen atoms in total. The highest BCUT2D eigenvalue weighted by Gasteiger charge is 2.59. The van der Waals surface area contributed by atoms with Gasteiger partial charge in [0, 0.05) is 23.6 Å². The number of carbonyl (C=O) groups is 2. The first-order valence-electron chi connectivity index (χ1n) is 12.1. The van der Waals surface area contributed by atoms with Crippen molar-refractivity contribution in [1.29, 1.82) is 0 Å². The summed E-state index contributed by atoms with van der Waals surface area (Å²) in [6, 6.07) is 0.246. The maximum absolute atomic E-state index is 12.5. The minimum atomic E-state index is 0.143. The lowest BCUT2D eigenvalue weighted by molar-refractivity contribution is -0.125. The van der Waals surface area contributed by atoms with Crippen molar-refractivity contribution in [2.75, 3.05) is 5.75 Å². The Morgan fingerprint density at radius 3 is 2.70 bits per heavy atom. The lowest BCUT2D eigenvalue weighted by Crippen LogP contribution is -2.54. The van der Waals surface area contributed by atoms with Crippen molar-refractivity contribution < 1.29 is 9.59 Å². The van der Waals surface area contributed by atoms with Gasteiger partial charge in [-0.2, -0.15) is 0 Å². The summed E-state index contributed by atoms with van der Waals surface area (Å²) in [6.45, 7) is 11.4. The Kier molecular flexibility index (Phi) is 6.06. The van der Waals surface area contributed by atoms with Crippen LogP contribution in [0.15, 0.2) is 11.8 Å². The predicted molar refractivity (Wildman–Crippen MR) is 124 cm³/mol. The van der Waals surface area contributed by atoms with Crippen LogP contribution in [-0.4, -0.2) is 28.9 Å². The number of amides is 2. The Balaban J connectivity index is 1.47. The molecule has 7 atom stereocenters. The Bertz CT molecular complexity index is 735. The first-order chi connectivity index (χ1) is 14.1. The topological polar surface area (TPSA) is 58.2 Å². The second-order valence-electron chi connectivity index (χ2n) is 11.1. The van der Waals surface area contributed by atoms with E-state index in [9.17, 15) is 9.59 Å². The van der Waals surface area contributed by atoms with Gasteiger partial charge >= 0.3 is 0 Å². The number of carbonyl (C=O) groups excluding carboxylic acids is 2. The zero-order chi connectivity index (χ0) is 21.7. The molecule has 0 spiro atoms. The number of hydrogen-bond donors (Lipinski definition) is 2. The van der Waals surface area contributed by atoms with Gasteiger partial charge in [-0.25, -0.2) is 0 Å². The van der Waals surface area contributed by atoms with Crippen LogP contribution in [0.25, 0.3) is 0 Å². The van der Waals surface area contributed by atoms with Crippen LogP contribution in [0.3, 0.4) is 0 Å². The average Bonchev–Trinajstić information content (AvgIpc) is 3.04. The Labute approximate surface area is 186 Å². The molecule has 0 aromatic heterocycles. The minimum absolute atomic E-state index is 0.143. The number of fused-ring (bicyclic) bond motifs is 5. The number of piperidine rings is 1. The Hall–Kier alpha value is -0.970. The van der Waals surface area contributed by atoms with Gasteiger partial charge in [-0.05, 0) is 79.8 Å². The molecule has 0 radical (unpaired) electrons. The van der Waals surface area contributed by atoms with Gasteiger partial charge in [-0.15, -0.1) is 11.8 Å². The molecular formula is C25H40N2O2S. The maximum atomic E-state index is 12.5. The lowest BCUT2D eigenvalue weighted by atomic mass is 9.49. The Morgan fingerprint density at radius 2 is 1.97 bits per heavy atom. The predicted octanol–water partition coefficient (Wildman–Crippen LogP) is 4.90. The SMILES string of the molecule is CC(C)SCC(=O)NC(C)[C@H]1CC[C@H]2[C@@H]3CC=C4NC(=O)CC[C@]4(C)[C@H]3CC[C@]12C. The summed E-state index contributed by atoms with van der Waals surface area (Å²) in [6.07, 6.45) is 10.1. The molecule has 1 unspecified atom stereocenters. The molecule has 1 aliphatic heterocycles. The van der Waals surface area contributed by atoms with Gasteiger partial charge < -0.3 is 10.6 Å². The van der Waals surface area contributed by atoms with Crippen LogP contribution in [0.1, 0.15) is 79.6 Å². The minimum Gasteiger partial charge on any atom is -0.353 e. The number of thioether (sulfide) groups is 1. The molecule has 2 N–H and O–H groups in total. The van der Waals surface area contributed by atoms with E-state index >= 15 is 0 Å². The molecule has 5 heteroatoms. The van der Waals surface area contributed by atoms with E-state index < -0.39 is 0 Å². The number of rotatable bonds is 5. The van der Waals surface area contributed by atoms with Gasteiger partial charge in [-0.1, -0.05) is 33.8 Å². The van der Waals surface area contributed by atoms with Crippen molar-refractivity contribution in [3.63, 3.8) is 0 Å². The van der Waals surface area contributed by atoms with E-state index in [1.807, 2.05) is 0 Å². The van der Waals surface area contributed by atoms with Gasteiger partial charge in [0.25, 0.3) is 0 Å². The molecule has 4 rings (SSSR count). The molecule has 1 heterocycles. The largest absolute Gasteiger partial charge is 0.353 e. The van der Waals surface area contributed by atoms with E-state index in [1.54, 1.807) is 11.8 Å². The van der Waals surface area contributed by atoms with Gasteiger partial charge in [0.15, 0.2) is 0 Å². The van der Waals surface area contributed by atoms with E-state index in [-0.39, 0.29) is 23.3 Å². The summed E-state index contributed by atoms with van der Waals surface area (Å²) in [4.78, 5) is 24.4. The first kappa shape index (κ1) is 22.2. The first-order valence-corrected chi connectivity index (χ1v) is 13.1. The molecule has 4 aliphatic rings. The molecule has 30 heavy (non-hydrogen) atoms. The van der Waals surface area contributed by atoms with E-state index in [2.05, 4.69) is 51.3 Å². The standard InChI is InChI=1S/C25H40N2O2S/c1-15(2)30-14-23(29)26-16(3)18-7-8-19-17-6-9-21-25(5,13-11-22(28)27-21)20(17)10-12-24(18,19)4/h9,15-20H,6-8,10-14H2,1-5H3,(H,26,29)(H,27,28)/t16?,17-,18+,19-,20-,24+,25+/m0/s1. The molecular weight excluding hydrogens is 392 g/mol. The van der Waals surface area contributed by atoms with Crippen molar-refractivity contribution >= 4 is 23.6 Å². The molecule has 3 aliphatic carbocycles. The molecule has 0 bridgehead atoms. The summed E-state index contributed by atoms with van der Waals surface area (Å²) < 4.78 is 0. The number of allylic oxidation sites excluding steroid dienone is 2. The third-order valence-electron chi connectivity index (χ3n) is 9.22. The maximum Gasteiger partial charge on any atom is 0.230 e. The molecule has 168 valence electrons. The van der Waals surface area contributed by atoms with Crippen LogP contribution < -0.4 is 10.6 Å². The van der Waals surface area contributed by atoms with E-state index in [1.165, 1.54) is 31.4 Å². The smallest absolute Gasteiger partial charge is 0.230 e. The fourth-order valence-electron chi connectivity index (χ4n) is 7.69. The molecule has 3 fully saturated rings. The van der Waals surface area contributed by atoms with Crippen LogP contribution >= 0.6 is 11.8 Å². The molecule has 0 aromatic carbocycles. The Morgan fingerprint density at radius 1 is 1.20 bits per heavy atom. The molecule has 2 amide bonds. The monoisotopic (exact) mass is 432 g/mol. The fraction of sp³-hybridized carbons (Fsp3) is 0.840. The van der Waals surface area contributed by atoms with Crippen LogP contribution in [0.5, 0.6) is 0 Å². The fourth-order valence-corrected chi connectivity index (χ4v) is 8.26. The summed E-state index contributed by atoms with van der Waals surface area (Å²) in [5.41, 5.74) is 1.67. The van der Waals surface area contributed by atoms with Crippen LogP contribution in [0.4, 0.5) is 0 Å². The highest BCUT2D eigenvalue weighted by atomic mass is 32.2. The van der Waals surface area contributed by atoms with Gasteiger partial charge in [-0.3, -0.25) is 9.59 Å². The molecule has 0 aromatic rings. The van der Waals surface area contributed by atoms with E-state index in [4.69, 9.17) is 0 Å². The summed E-state index contributed by atoms with van der Waals surface area (Å²) >= 11 is 1.72. The van der Waals surface area contributed by atoms with E-state index in [0.717, 1.165) is 24.7 Å². The average molecular weight is 433 g/mol. The molecule has 2 saturated carbocycles. The van der Waals surface area contributed by atoms with Crippen LogP contribution in [-0.2, 0) is 9.59 Å². The zero-order valence-electron chi connectivity index (χ0n) is 19.4. The van der Waals surface area contributed by atoms with Crippen LogP contribution in [0.2, 0.25) is 0 Å².